The van der Waals surface area contributed by atoms with Gasteiger partial charge in [-0.25, -0.2) is 21.6 Å². The Hall–Kier alpha value is -2.43. The van der Waals surface area contributed by atoms with Crippen LogP contribution in [0, 0.1) is 5.41 Å². The summed E-state index contributed by atoms with van der Waals surface area (Å²) in [5, 5.41) is 2.86. The zero-order valence-corrected chi connectivity index (χ0v) is 25.4. The highest BCUT2D eigenvalue weighted by Crippen LogP contribution is 2.54. The zero-order chi connectivity index (χ0) is 28.9. The lowest BCUT2D eigenvalue weighted by Crippen LogP contribution is -2.40. The molecule has 0 atom stereocenters. The van der Waals surface area contributed by atoms with Crippen molar-refractivity contribution in [3.63, 3.8) is 0 Å². The van der Waals surface area contributed by atoms with Gasteiger partial charge in [0.2, 0.25) is 10.0 Å². The van der Waals surface area contributed by atoms with Gasteiger partial charge in [0, 0.05) is 30.0 Å². The second kappa shape index (κ2) is 10.2. The van der Waals surface area contributed by atoms with Gasteiger partial charge in [-0.05, 0) is 109 Å². The van der Waals surface area contributed by atoms with Crippen LogP contribution in [0.25, 0.3) is 0 Å². The standard InChI is InChI=1S/C29H41N3O5S2/c1-27(2,3)31-39(36,37)23-9-7-8-22(19-23)30-26(33)24-11-10-21(20-38(34,35)28(4,5)6)18-25(24)32-16-14-29(12-13-29)15-17-32/h7-11,18-19,31H,12-17,20H2,1-6H3,(H,30,33). The van der Waals surface area contributed by atoms with Crippen molar-refractivity contribution in [2.45, 2.75) is 88.2 Å². The second-order valence-corrected chi connectivity index (χ2v) is 17.5. The van der Waals surface area contributed by atoms with Crippen LogP contribution in [-0.2, 0) is 25.6 Å². The monoisotopic (exact) mass is 575 g/mol. The topological polar surface area (TPSA) is 113 Å². The number of hydrogen-bond donors (Lipinski definition) is 2. The highest BCUT2D eigenvalue weighted by Gasteiger charge is 2.44. The summed E-state index contributed by atoms with van der Waals surface area (Å²) in [6.07, 6.45) is 4.61. The molecule has 10 heteroatoms. The first-order valence-corrected chi connectivity index (χ1v) is 16.6. The number of sulfone groups is 1. The molecule has 1 amide bonds. The van der Waals surface area contributed by atoms with Crippen LogP contribution in [0.4, 0.5) is 11.4 Å². The zero-order valence-electron chi connectivity index (χ0n) is 23.8. The van der Waals surface area contributed by atoms with Crippen molar-refractivity contribution < 1.29 is 21.6 Å². The van der Waals surface area contributed by atoms with Gasteiger partial charge >= 0.3 is 0 Å². The van der Waals surface area contributed by atoms with Crippen LogP contribution in [0.1, 0.15) is 83.1 Å². The summed E-state index contributed by atoms with van der Waals surface area (Å²) in [6, 6.07) is 11.4. The largest absolute Gasteiger partial charge is 0.371 e. The minimum atomic E-state index is -3.77. The number of carbonyl (C=O) groups excluding carboxylic acids is 1. The summed E-state index contributed by atoms with van der Waals surface area (Å²) in [6.45, 7) is 12.0. The Kier molecular flexibility index (Phi) is 7.73. The summed E-state index contributed by atoms with van der Waals surface area (Å²) in [5.74, 6) is -0.482. The Bertz CT molecular complexity index is 1450. The molecule has 0 radical (unpaired) electrons. The first kappa shape index (κ1) is 29.6. The molecule has 0 bridgehead atoms. The summed E-state index contributed by atoms with van der Waals surface area (Å²) < 4.78 is 53.2. The van der Waals surface area contributed by atoms with Crippen LogP contribution in [0.2, 0.25) is 0 Å². The predicted octanol–water partition coefficient (Wildman–Crippen LogP) is 5.11. The van der Waals surface area contributed by atoms with Crippen molar-refractivity contribution in [1.29, 1.82) is 0 Å². The molecule has 0 unspecified atom stereocenters. The molecule has 39 heavy (non-hydrogen) atoms. The molecule has 1 saturated heterocycles. The number of hydrogen-bond acceptors (Lipinski definition) is 6. The Morgan fingerprint density at radius 1 is 0.897 bits per heavy atom. The number of nitrogens with zero attached hydrogens (tertiary/aromatic N) is 1. The van der Waals surface area contributed by atoms with Gasteiger partial charge in [-0.3, -0.25) is 4.79 Å². The fraction of sp³-hybridized carbons (Fsp3) is 0.552. The molecule has 2 aromatic rings. The number of rotatable bonds is 7. The quantitative estimate of drug-likeness (QED) is 0.475. The van der Waals surface area contributed by atoms with E-state index in [1.807, 2.05) is 6.07 Å². The highest BCUT2D eigenvalue weighted by atomic mass is 32.2. The maximum Gasteiger partial charge on any atom is 0.257 e. The van der Waals surface area contributed by atoms with Crippen LogP contribution >= 0.6 is 0 Å². The number of sulfonamides is 1. The maximum absolute atomic E-state index is 13.5. The van der Waals surface area contributed by atoms with Gasteiger partial charge in [0.15, 0.2) is 9.84 Å². The molecule has 2 aliphatic rings. The van der Waals surface area contributed by atoms with Gasteiger partial charge in [-0.15, -0.1) is 0 Å². The van der Waals surface area contributed by atoms with Crippen LogP contribution in [0.3, 0.4) is 0 Å². The molecule has 0 aromatic heterocycles. The number of amides is 1. The molecule has 1 spiro atoms. The molecular weight excluding hydrogens is 534 g/mol. The molecular formula is C29H41N3O5S2. The Balaban J connectivity index is 1.63. The first-order valence-electron chi connectivity index (χ1n) is 13.5. The fourth-order valence-corrected chi connectivity index (χ4v) is 7.37. The van der Waals surface area contributed by atoms with E-state index in [0.717, 1.165) is 25.9 Å². The smallest absolute Gasteiger partial charge is 0.257 e. The lowest BCUT2D eigenvalue weighted by atomic mass is 9.92. The van der Waals surface area contributed by atoms with Gasteiger partial charge in [-0.2, -0.15) is 0 Å². The molecule has 2 aromatic carbocycles. The molecule has 1 aliphatic heterocycles. The summed E-state index contributed by atoms with van der Waals surface area (Å²) in [7, 11) is -7.18. The Labute approximate surface area is 233 Å². The van der Waals surface area contributed by atoms with Crippen LogP contribution in [0.5, 0.6) is 0 Å². The molecule has 1 aliphatic carbocycles. The third-order valence-electron chi connectivity index (χ3n) is 7.56. The van der Waals surface area contributed by atoms with Gasteiger partial charge in [-0.1, -0.05) is 12.1 Å². The average molecular weight is 576 g/mol. The van der Waals surface area contributed by atoms with E-state index in [9.17, 15) is 21.6 Å². The van der Waals surface area contributed by atoms with Gasteiger partial charge in [0.1, 0.15) is 0 Å². The van der Waals surface area contributed by atoms with E-state index >= 15 is 0 Å². The Morgan fingerprint density at radius 2 is 1.54 bits per heavy atom. The number of piperidine rings is 1. The first-order chi connectivity index (χ1) is 17.9. The maximum atomic E-state index is 13.5. The van der Waals surface area contributed by atoms with Crippen molar-refractivity contribution in [3.05, 3.63) is 53.6 Å². The third-order valence-corrected chi connectivity index (χ3v) is 11.9. The summed E-state index contributed by atoms with van der Waals surface area (Å²) in [5.41, 5.74) is 1.94. The molecule has 214 valence electrons. The van der Waals surface area contributed by atoms with Crippen LogP contribution in [0.15, 0.2) is 47.4 Å². The second-order valence-electron chi connectivity index (χ2n) is 13.0. The lowest BCUT2D eigenvalue weighted by Gasteiger charge is -2.35. The van der Waals surface area contributed by atoms with E-state index in [4.69, 9.17) is 0 Å². The minimum absolute atomic E-state index is 0.0592. The highest BCUT2D eigenvalue weighted by molar-refractivity contribution is 7.92. The van der Waals surface area contributed by atoms with Crippen molar-refractivity contribution >= 4 is 37.1 Å². The predicted molar refractivity (Wildman–Crippen MR) is 156 cm³/mol. The van der Waals surface area contributed by atoms with Crippen molar-refractivity contribution in [1.82, 2.24) is 4.72 Å². The van der Waals surface area contributed by atoms with Gasteiger partial charge < -0.3 is 10.2 Å². The van der Waals surface area contributed by atoms with Gasteiger partial charge in [0.05, 0.1) is 21.0 Å². The van der Waals surface area contributed by atoms with Gasteiger partial charge in [0.25, 0.3) is 5.91 Å². The normalized spacial score (nSPS) is 17.7. The van der Waals surface area contributed by atoms with Crippen LogP contribution in [-0.4, -0.2) is 46.1 Å². The number of carbonyl (C=O) groups is 1. The van der Waals surface area contributed by atoms with E-state index in [2.05, 4.69) is 14.9 Å². The molecule has 1 heterocycles. The van der Waals surface area contributed by atoms with Crippen LogP contribution < -0.4 is 14.9 Å². The third kappa shape index (κ3) is 7.02. The molecule has 2 fully saturated rings. The fourth-order valence-electron chi connectivity index (χ4n) is 4.86. The Morgan fingerprint density at radius 3 is 2.10 bits per heavy atom. The minimum Gasteiger partial charge on any atom is -0.371 e. The van der Waals surface area contributed by atoms with Crippen molar-refractivity contribution in [2.75, 3.05) is 23.3 Å². The molecule has 1 saturated carbocycles. The summed E-state index contributed by atoms with van der Waals surface area (Å²) >= 11 is 0. The SMILES string of the molecule is CC(C)(C)NS(=O)(=O)c1cccc(NC(=O)c2ccc(CS(=O)(=O)C(C)(C)C)cc2N2CCC3(CC2)CC3)c1. The molecule has 2 N–H and O–H groups in total. The van der Waals surface area contributed by atoms with Crippen molar-refractivity contribution in [3.8, 4) is 0 Å². The molecule has 8 nitrogen and oxygen atoms in total. The van der Waals surface area contributed by atoms with E-state index in [1.165, 1.54) is 25.0 Å². The van der Waals surface area contributed by atoms with E-state index in [0.29, 0.717) is 27.9 Å². The van der Waals surface area contributed by atoms with E-state index < -0.39 is 30.1 Å². The van der Waals surface area contributed by atoms with Crippen molar-refractivity contribution in [2.24, 2.45) is 5.41 Å². The number of nitrogens with one attached hydrogen (secondary N) is 2. The van der Waals surface area contributed by atoms with E-state index in [1.54, 1.807) is 65.8 Å². The molecule has 4 rings (SSSR count). The number of benzene rings is 2. The van der Waals surface area contributed by atoms with E-state index in [-0.39, 0.29) is 16.6 Å². The lowest BCUT2D eigenvalue weighted by molar-refractivity contribution is 0.102. The number of anilines is 2. The summed E-state index contributed by atoms with van der Waals surface area (Å²) in [4.78, 5) is 15.8. The average Bonchev–Trinajstić information content (AvgIpc) is 3.56.